The van der Waals surface area contributed by atoms with Gasteiger partial charge >= 0.3 is 12.1 Å². The van der Waals surface area contributed by atoms with Crippen LogP contribution in [0.3, 0.4) is 0 Å². The molecule has 0 radical (unpaired) electrons. The zero-order valence-corrected chi connectivity index (χ0v) is 17.2. The van der Waals surface area contributed by atoms with Crippen LogP contribution < -0.4 is 4.74 Å². The lowest BCUT2D eigenvalue weighted by molar-refractivity contribution is -0.145. The molecule has 0 bridgehead atoms. The number of aromatic nitrogens is 1. The van der Waals surface area contributed by atoms with Crippen LogP contribution >= 0.6 is 11.6 Å². The molecule has 1 aromatic carbocycles. The van der Waals surface area contributed by atoms with Crippen LogP contribution in [0.15, 0.2) is 59.6 Å². The van der Waals surface area contributed by atoms with E-state index in [0.717, 1.165) is 6.08 Å². The number of carboxylic acid groups (broad SMARTS) is 1. The standard InChI is InChI=1S/C22H21ClF3NO3/c1-20(2)16(13-17(23)22(24,25)26)21(20,19(28)29)12-11-14-7-6-10-18(27-14)30-15-8-4-3-5-9-15/h3-10,13,16H,11-12H2,1-2H3,(H,28,29)/t16-,21+/m0/s1. The second-order valence-electron chi connectivity index (χ2n) is 7.87. The molecular weight excluding hydrogens is 419 g/mol. The van der Waals surface area contributed by atoms with E-state index in [1.54, 1.807) is 44.2 Å². The van der Waals surface area contributed by atoms with Gasteiger partial charge in [0.05, 0.1) is 5.41 Å². The summed E-state index contributed by atoms with van der Waals surface area (Å²) in [5.74, 6) is -1.01. The van der Waals surface area contributed by atoms with Gasteiger partial charge in [0.1, 0.15) is 10.8 Å². The quantitative estimate of drug-likeness (QED) is 0.556. The predicted octanol–water partition coefficient (Wildman–Crippen LogP) is 6.22. The molecule has 0 saturated heterocycles. The molecule has 160 valence electrons. The van der Waals surface area contributed by atoms with Gasteiger partial charge in [-0.15, -0.1) is 0 Å². The Hall–Kier alpha value is -2.54. The molecule has 30 heavy (non-hydrogen) atoms. The summed E-state index contributed by atoms with van der Waals surface area (Å²) < 4.78 is 44.2. The molecule has 2 atom stereocenters. The maximum absolute atomic E-state index is 12.8. The van der Waals surface area contributed by atoms with Crippen molar-refractivity contribution in [2.24, 2.45) is 16.7 Å². The van der Waals surface area contributed by atoms with Crippen LogP contribution in [0, 0.1) is 16.7 Å². The van der Waals surface area contributed by atoms with Crippen LogP contribution in [0.4, 0.5) is 13.2 Å². The molecule has 1 N–H and O–H groups in total. The zero-order chi connectivity index (χ0) is 22.2. The van der Waals surface area contributed by atoms with Crippen molar-refractivity contribution in [3.63, 3.8) is 0 Å². The van der Waals surface area contributed by atoms with E-state index < -0.39 is 33.9 Å². The average Bonchev–Trinajstić information content (AvgIpc) is 3.15. The van der Waals surface area contributed by atoms with Crippen LogP contribution in [0.25, 0.3) is 0 Å². The van der Waals surface area contributed by atoms with Crippen molar-refractivity contribution in [2.45, 2.75) is 32.9 Å². The number of hydrogen-bond donors (Lipinski definition) is 1. The van der Waals surface area contributed by atoms with E-state index >= 15 is 0 Å². The third kappa shape index (κ3) is 4.17. The average molecular weight is 440 g/mol. The summed E-state index contributed by atoms with van der Waals surface area (Å²) in [6.45, 7) is 3.29. The third-order valence-electron chi connectivity index (χ3n) is 5.86. The molecule has 1 fully saturated rings. The van der Waals surface area contributed by atoms with Gasteiger partial charge < -0.3 is 9.84 Å². The number of pyridine rings is 1. The molecule has 1 saturated carbocycles. The molecule has 1 heterocycles. The second kappa shape index (κ2) is 7.95. The van der Waals surface area contributed by atoms with E-state index in [1.165, 1.54) is 0 Å². The molecule has 1 aliphatic carbocycles. The smallest absolute Gasteiger partial charge is 0.426 e. The van der Waals surface area contributed by atoms with Crippen molar-refractivity contribution >= 4 is 17.6 Å². The van der Waals surface area contributed by atoms with Gasteiger partial charge in [-0.3, -0.25) is 4.79 Å². The highest BCUT2D eigenvalue weighted by molar-refractivity contribution is 6.30. The summed E-state index contributed by atoms with van der Waals surface area (Å²) in [6.07, 6.45) is -3.47. The van der Waals surface area contributed by atoms with Gasteiger partial charge in [-0.2, -0.15) is 13.2 Å². The summed E-state index contributed by atoms with van der Waals surface area (Å²) in [5, 5.41) is 8.56. The fourth-order valence-corrected chi connectivity index (χ4v) is 4.19. The molecule has 1 aromatic heterocycles. The molecule has 0 spiro atoms. The Kier molecular flexibility index (Phi) is 5.87. The number of hydrogen-bond acceptors (Lipinski definition) is 3. The topological polar surface area (TPSA) is 59.4 Å². The largest absolute Gasteiger partial charge is 0.481 e. The number of para-hydroxylation sites is 1. The Bertz CT molecular complexity index is 960. The lowest BCUT2D eigenvalue weighted by Gasteiger charge is -2.15. The minimum Gasteiger partial charge on any atom is -0.481 e. The van der Waals surface area contributed by atoms with Gasteiger partial charge in [0, 0.05) is 17.7 Å². The van der Waals surface area contributed by atoms with Gasteiger partial charge in [-0.05, 0) is 36.5 Å². The molecular formula is C22H21ClF3NO3. The van der Waals surface area contributed by atoms with Gasteiger partial charge in [0.15, 0.2) is 0 Å². The number of benzene rings is 1. The Morgan fingerprint density at radius 3 is 2.47 bits per heavy atom. The summed E-state index contributed by atoms with van der Waals surface area (Å²) >= 11 is 5.38. The number of aliphatic carboxylic acids is 1. The van der Waals surface area contributed by atoms with Crippen LogP contribution in [-0.4, -0.2) is 22.2 Å². The first-order valence-corrected chi connectivity index (χ1v) is 9.73. The highest BCUT2D eigenvalue weighted by atomic mass is 35.5. The highest BCUT2D eigenvalue weighted by Crippen LogP contribution is 2.72. The Morgan fingerprint density at radius 2 is 1.87 bits per heavy atom. The number of carboxylic acids is 1. The van der Waals surface area contributed by atoms with Gasteiger partial charge in [-0.25, -0.2) is 4.98 Å². The van der Waals surface area contributed by atoms with Crippen molar-refractivity contribution in [1.82, 2.24) is 4.98 Å². The number of halogens is 4. The van der Waals surface area contributed by atoms with Crippen LogP contribution in [0.1, 0.15) is 26.0 Å². The van der Waals surface area contributed by atoms with Crippen molar-refractivity contribution in [2.75, 3.05) is 0 Å². The minimum absolute atomic E-state index is 0.125. The number of allylic oxidation sites excluding steroid dienone is 2. The van der Waals surface area contributed by atoms with Crippen molar-refractivity contribution in [1.29, 1.82) is 0 Å². The minimum atomic E-state index is -4.70. The van der Waals surface area contributed by atoms with E-state index in [1.807, 2.05) is 18.2 Å². The van der Waals surface area contributed by atoms with Crippen molar-refractivity contribution < 1.29 is 27.8 Å². The number of rotatable bonds is 7. The number of carbonyl (C=O) groups is 1. The normalized spacial score (nSPS) is 23.1. The van der Waals surface area contributed by atoms with E-state index in [-0.39, 0.29) is 12.8 Å². The van der Waals surface area contributed by atoms with E-state index in [0.29, 0.717) is 17.3 Å². The third-order valence-corrected chi connectivity index (χ3v) is 6.20. The van der Waals surface area contributed by atoms with Gasteiger partial charge in [0.2, 0.25) is 5.88 Å². The van der Waals surface area contributed by atoms with Crippen LogP contribution in [-0.2, 0) is 11.2 Å². The Balaban J connectivity index is 1.77. The molecule has 0 amide bonds. The first kappa shape index (κ1) is 22.2. The summed E-state index contributed by atoms with van der Waals surface area (Å²) in [7, 11) is 0. The maximum Gasteiger partial charge on any atom is 0.426 e. The van der Waals surface area contributed by atoms with Crippen molar-refractivity contribution in [3.05, 3.63) is 65.3 Å². The molecule has 3 rings (SSSR count). The fraction of sp³-hybridized carbons (Fsp3) is 0.364. The van der Waals surface area contributed by atoms with Crippen molar-refractivity contribution in [3.8, 4) is 11.6 Å². The number of ether oxygens (including phenoxy) is 1. The molecule has 0 unspecified atom stereocenters. The zero-order valence-electron chi connectivity index (χ0n) is 16.4. The number of alkyl halides is 3. The van der Waals surface area contributed by atoms with Crippen LogP contribution in [0.5, 0.6) is 11.6 Å². The van der Waals surface area contributed by atoms with Crippen LogP contribution in [0.2, 0.25) is 0 Å². The first-order valence-electron chi connectivity index (χ1n) is 9.35. The lowest BCUT2D eigenvalue weighted by Crippen LogP contribution is -2.22. The molecule has 2 aromatic rings. The second-order valence-corrected chi connectivity index (χ2v) is 8.28. The Morgan fingerprint density at radius 1 is 1.20 bits per heavy atom. The Labute approximate surface area is 177 Å². The SMILES string of the molecule is CC1(C)[C@H](C=C(Cl)C(F)(F)F)[C@]1(CCc1cccc(Oc2ccccc2)n1)C(=O)O. The maximum atomic E-state index is 12.8. The monoisotopic (exact) mass is 439 g/mol. The number of aryl methyl sites for hydroxylation is 1. The lowest BCUT2D eigenvalue weighted by atomic mass is 9.90. The fourth-order valence-electron chi connectivity index (χ4n) is 4.07. The molecule has 4 nitrogen and oxygen atoms in total. The molecule has 1 aliphatic rings. The summed E-state index contributed by atoms with van der Waals surface area (Å²) in [5.41, 5.74) is -1.63. The summed E-state index contributed by atoms with van der Waals surface area (Å²) in [6, 6.07) is 14.2. The molecule has 0 aliphatic heterocycles. The first-order chi connectivity index (χ1) is 14.0. The highest BCUT2D eigenvalue weighted by Gasteiger charge is 2.74. The van der Waals surface area contributed by atoms with Gasteiger partial charge in [0.25, 0.3) is 0 Å². The number of nitrogens with zero attached hydrogens (tertiary/aromatic N) is 1. The van der Waals surface area contributed by atoms with E-state index in [2.05, 4.69) is 4.98 Å². The van der Waals surface area contributed by atoms with E-state index in [9.17, 15) is 23.1 Å². The van der Waals surface area contributed by atoms with Gasteiger partial charge in [-0.1, -0.05) is 55.8 Å². The summed E-state index contributed by atoms with van der Waals surface area (Å²) in [4.78, 5) is 16.5. The van der Waals surface area contributed by atoms with E-state index in [4.69, 9.17) is 16.3 Å². The predicted molar refractivity (Wildman–Crippen MR) is 106 cm³/mol. The molecule has 8 heteroatoms.